The van der Waals surface area contributed by atoms with E-state index in [1.807, 2.05) is 13.8 Å². The van der Waals surface area contributed by atoms with Gasteiger partial charge in [0.1, 0.15) is 0 Å². The predicted octanol–water partition coefficient (Wildman–Crippen LogP) is 1.55. The number of H-pyrrole nitrogens is 1. The van der Waals surface area contributed by atoms with Crippen LogP contribution in [0.15, 0.2) is 12.4 Å². The summed E-state index contributed by atoms with van der Waals surface area (Å²) in [7, 11) is 0. The Bertz CT molecular complexity index is 398. The average molecular weight is 238 g/mol. The zero-order valence-electron chi connectivity index (χ0n) is 10.1. The highest BCUT2D eigenvalue weighted by Crippen LogP contribution is 2.08. The smallest absolute Gasteiger partial charge is 0.308 e. The molecule has 5 heteroatoms. The van der Waals surface area contributed by atoms with Gasteiger partial charge in [-0.15, -0.1) is 0 Å². The molecule has 1 unspecified atom stereocenters. The highest BCUT2D eigenvalue weighted by Gasteiger charge is 2.18. The van der Waals surface area contributed by atoms with E-state index in [1.54, 1.807) is 12.4 Å². The second kappa shape index (κ2) is 6.08. The number of carbonyl (C=O) groups is 2. The molecule has 0 bridgehead atoms. The summed E-state index contributed by atoms with van der Waals surface area (Å²) >= 11 is 0. The number of hydrogen-bond donors (Lipinski definition) is 3. The maximum atomic E-state index is 11.7. The number of aliphatic carboxylic acids is 1. The highest BCUT2D eigenvalue weighted by molar-refractivity contribution is 5.95. The first-order valence-electron chi connectivity index (χ1n) is 5.70. The van der Waals surface area contributed by atoms with Crippen LogP contribution in [0.5, 0.6) is 0 Å². The molecule has 0 fully saturated rings. The van der Waals surface area contributed by atoms with Crippen molar-refractivity contribution >= 4 is 11.9 Å². The molecule has 0 aliphatic heterocycles. The fourth-order valence-corrected chi connectivity index (χ4v) is 1.66. The van der Waals surface area contributed by atoms with Crippen molar-refractivity contribution in [3.8, 4) is 0 Å². The van der Waals surface area contributed by atoms with Crippen LogP contribution in [-0.2, 0) is 4.79 Å². The minimum atomic E-state index is -0.863. The number of carbonyl (C=O) groups excluding carboxylic acids is 1. The van der Waals surface area contributed by atoms with Crippen molar-refractivity contribution in [3.63, 3.8) is 0 Å². The zero-order chi connectivity index (χ0) is 12.8. The number of hydrogen-bond acceptors (Lipinski definition) is 2. The molecule has 0 saturated carbocycles. The third-order valence-corrected chi connectivity index (χ3v) is 2.69. The van der Waals surface area contributed by atoms with Gasteiger partial charge in [-0.1, -0.05) is 13.3 Å². The predicted molar refractivity (Wildman–Crippen MR) is 63.9 cm³/mol. The average Bonchev–Trinajstić information content (AvgIpc) is 2.69. The number of aromatic amines is 1. The highest BCUT2D eigenvalue weighted by atomic mass is 16.4. The van der Waals surface area contributed by atoms with Crippen molar-refractivity contribution in [1.29, 1.82) is 0 Å². The van der Waals surface area contributed by atoms with Gasteiger partial charge >= 0.3 is 5.97 Å². The van der Waals surface area contributed by atoms with Crippen LogP contribution in [-0.4, -0.2) is 28.5 Å². The van der Waals surface area contributed by atoms with Crippen molar-refractivity contribution in [2.75, 3.05) is 6.54 Å². The van der Waals surface area contributed by atoms with E-state index in [0.717, 1.165) is 12.0 Å². The van der Waals surface area contributed by atoms with Crippen LogP contribution in [0.2, 0.25) is 0 Å². The van der Waals surface area contributed by atoms with Crippen LogP contribution >= 0.6 is 0 Å². The topological polar surface area (TPSA) is 82.2 Å². The number of carboxylic acid groups (broad SMARTS) is 1. The van der Waals surface area contributed by atoms with Crippen LogP contribution in [0, 0.1) is 12.8 Å². The third-order valence-electron chi connectivity index (χ3n) is 2.69. The van der Waals surface area contributed by atoms with Gasteiger partial charge in [0.05, 0.1) is 11.5 Å². The Morgan fingerprint density at radius 2 is 2.18 bits per heavy atom. The molecule has 17 heavy (non-hydrogen) atoms. The van der Waals surface area contributed by atoms with E-state index in [9.17, 15) is 9.59 Å². The fourth-order valence-electron chi connectivity index (χ4n) is 1.66. The van der Waals surface area contributed by atoms with E-state index >= 15 is 0 Å². The summed E-state index contributed by atoms with van der Waals surface area (Å²) in [6.45, 7) is 3.92. The van der Waals surface area contributed by atoms with E-state index in [4.69, 9.17) is 5.11 Å². The monoisotopic (exact) mass is 238 g/mol. The summed E-state index contributed by atoms with van der Waals surface area (Å²) in [5, 5.41) is 11.6. The van der Waals surface area contributed by atoms with Crippen LogP contribution in [0.3, 0.4) is 0 Å². The van der Waals surface area contributed by atoms with E-state index in [2.05, 4.69) is 10.3 Å². The Kier molecular flexibility index (Phi) is 4.75. The summed E-state index contributed by atoms with van der Waals surface area (Å²) in [6, 6.07) is 0. The molecule has 0 saturated heterocycles. The summed E-state index contributed by atoms with van der Waals surface area (Å²) in [5.74, 6) is -1.60. The number of rotatable bonds is 6. The summed E-state index contributed by atoms with van der Waals surface area (Å²) in [4.78, 5) is 25.5. The van der Waals surface area contributed by atoms with Crippen molar-refractivity contribution in [3.05, 3.63) is 23.5 Å². The molecular formula is C12H18N2O3. The van der Waals surface area contributed by atoms with E-state index in [-0.39, 0.29) is 12.5 Å². The molecule has 94 valence electrons. The first kappa shape index (κ1) is 13.3. The SMILES string of the molecule is CCCC(CNC(=O)c1c[nH]cc1C)C(=O)O. The van der Waals surface area contributed by atoms with Gasteiger partial charge in [0.2, 0.25) is 0 Å². The first-order valence-corrected chi connectivity index (χ1v) is 5.70. The summed E-state index contributed by atoms with van der Waals surface area (Å²) in [5.41, 5.74) is 1.41. The number of aryl methyl sites for hydroxylation is 1. The minimum absolute atomic E-state index is 0.173. The standard InChI is InChI=1S/C12H18N2O3/c1-3-4-9(12(16)17)6-14-11(15)10-7-13-5-8(10)2/h5,7,9,13H,3-4,6H2,1-2H3,(H,14,15)(H,16,17). The Labute approximate surface area is 100 Å². The van der Waals surface area contributed by atoms with Gasteiger partial charge in [-0.25, -0.2) is 0 Å². The molecule has 1 atom stereocenters. The molecular weight excluding hydrogens is 220 g/mol. The Balaban J connectivity index is 2.52. The van der Waals surface area contributed by atoms with E-state index in [1.165, 1.54) is 0 Å². The summed E-state index contributed by atoms with van der Waals surface area (Å²) in [6.07, 6.45) is 4.70. The molecule has 1 amide bonds. The van der Waals surface area contributed by atoms with E-state index in [0.29, 0.717) is 12.0 Å². The molecule has 0 aliphatic carbocycles. The molecule has 0 aliphatic rings. The molecule has 0 aromatic carbocycles. The van der Waals surface area contributed by atoms with E-state index < -0.39 is 11.9 Å². The Morgan fingerprint density at radius 1 is 1.47 bits per heavy atom. The Morgan fingerprint density at radius 3 is 2.65 bits per heavy atom. The Hall–Kier alpha value is -1.78. The van der Waals surface area contributed by atoms with Crippen LogP contribution in [0.25, 0.3) is 0 Å². The molecule has 0 spiro atoms. The van der Waals surface area contributed by atoms with Crippen molar-refractivity contribution in [1.82, 2.24) is 10.3 Å². The number of amides is 1. The van der Waals surface area contributed by atoms with Gasteiger partial charge in [0, 0.05) is 18.9 Å². The molecule has 1 aromatic heterocycles. The van der Waals surface area contributed by atoms with Gasteiger partial charge in [-0.05, 0) is 18.9 Å². The van der Waals surface area contributed by atoms with Crippen LogP contribution in [0.1, 0.15) is 35.7 Å². The number of nitrogens with one attached hydrogen (secondary N) is 2. The normalized spacial score (nSPS) is 12.1. The molecule has 0 radical (unpaired) electrons. The van der Waals surface area contributed by atoms with Gasteiger partial charge < -0.3 is 15.4 Å². The molecule has 1 aromatic rings. The van der Waals surface area contributed by atoms with Gasteiger partial charge in [0.15, 0.2) is 0 Å². The third kappa shape index (κ3) is 3.62. The molecule has 1 rings (SSSR count). The summed E-state index contributed by atoms with van der Waals surface area (Å²) < 4.78 is 0. The van der Waals surface area contributed by atoms with Gasteiger partial charge in [-0.2, -0.15) is 0 Å². The largest absolute Gasteiger partial charge is 0.481 e. The minimum Gasteiger partial charge on any atom is -0.481 e. The van der Waals surface area contributed by atoms with Crippen molar-refractivity contribution in [2.24, 2.45) is 5.92 Å². The quantitative estimate of drug-likeness (QED) is 0.703. The van der Waals surface area contributed by atoms with Gasteiger partial charge in [-0.3, -0.25) is 9.59 Å². The second-order valence-electron chi connectivity index (χ2n) is 4.09. The zero-order valence-corrected chi connectivity index (χ0v) is 10.1. The second-order valence-corrected chi connectivity index (χ2v) is 4.09. The number of aromatic nitrogens is 1. The molecule has 3 N–H and O–H groups in total. The van der Waals surface area contributed by atoms with Crippen LogP contribution < -0.4 is 5.32 Å². The lowest BCUT2D eigenvalue weighted by Gasteiger charge is -2.12. The maximum absolute atomic E-state index is 11.7. The lowest BCUT2D eigenvalue weighted by Crippen LogP contribution is -2.33. The first-order chi connectivity index (χ1) is 8.06. The number of carboxylic acids is 1. The lowest BCUT2D eigenvalue weighted by molar-refractivity contribution is -0.141. The van der Waals surface area contributed by atoms with Crippen molar-refractivity contribution in [2.45, 2.75) is 26.7 Å². The maximum Gasteiger partial charge on any atom is 0.308 e. The molecule has 5 nitrogen and oxygen atoms in total. The van der Waals surface area contributed by atoms with Gasteiger partial charge in [0.25, 0.3) is 5.91 Å². The van der Waals surface area contributed by atoms with Crippen molar-refractivity contribution < 1.29 is 14.7 Å². The lowest BCUT2D eigenvalue weighted by atomic mass is 10.0. The van der Waals surface area contributed by atoms with Crippen LogP contribution in [0.4, 0.5) is 0 Å². The molecule has 1 heterocycles. The fraction of sp³-hybridized carbons (Fsp3) is 0.500.